The molecule has 0 amide bonds. The molecule has 0 N–H and O–H groups in total. The molecule has 1 radical (unpaired) electrons. The third kappa shape index (κ3) is 4.21. The van der Waals surface area contributed by atoms with Crippen LogP contribution >= 0.6 is 7.80 Å². The maximum atomic E-state index is 13.7. The van der Waals surface area contributed by atoms with Gasteiger partial charge in [-0.05, 0) is 86.7 Å². The largest absolute Gasteiger partial charge is 0.496 e. The number of rotatable bonds is 7. The number of carbonyl (C=O) groups excluding carboxylic acids is 2. The normalized spacial score (nSPS) is 11.2. The first-order valence-corrected chi connectivity index (χ1v) is 11.8. The number of ether oxygens (including phenoxy) is 2. The van der Waals surface area contributed by atoms with Crippen LogP contribution in [-0.4, -0.2) is 25.5 Å². The summed E-state index contributed by atoms with van der Waals surface area (Å²) in [6.45, 7) is 9.89. The van der Waals surface area contributed by atoms with Crippen molar-refractivity contribution < 1.29 is 23.6 Å². The summed E-state index contributed by atoms with van der Waals surface area (Å²) in [5, 5.41) is 0.199. The lowest BCUT2D eigenvalue weighted by molar-refractivity contribution is 0.103. The minimum atomic E-state index is -2.61. The number of benzene rings is 3. The van der Waals surface area contributed by atoms with Crippen molar-refractivity contribution in [2.24, 2.45) is 0 Å². The van der Waals surface area contributed by atoms with Crippen molar-refractivity contribution in [1.29, 1.82) is 0 Å². The lowest BCUT2D eigenvalue weighted by Crippen LogP contribution is -2.19. The van der Waals surface area contributed by atoms with E-state index in [9.17, 15) is 14.2 Å². The van der Waals surface area contributed by atoms with E-state index in [0.717, 1.165) is 27.8 Å². The molecule has 0 aliphatic rings. The fourth-order valence-electron chi connectivity index (χ4n) is 4.09. The highest BCUT2D eigenvalue weighted by Crippen LogP contribution is 2.38. The number of hydrogen-bond acceptors (Lipinski definition) is 5. The van der Waals surface area contributed by atoms with Crippen LogP contribution < -0.4 is 14.8 Å². The van der Waals surface area contributed by atoms with Gasteiger partial charge in [-0.1, -0.05) is 18.2 Å². The molecule has 0 bridgehead atoms. The summed E-state index contributed by atoms with van der Waals surface area (Å²) in [6, 6.07) is 11.5. The zero-order valence-corrected chi connectivity index (χ0v) is 20.9. The summed E-state index contributed by atoms with van der Waals surface area (Å²) in [7, 11) is 0.257. The second-order valence-corrected chi connectivity index (χ2v) is 9.46. The molecule has 3 aromatic carbocycles. The third-order valence-electron chi connectivity index (χ3n) is 6.42. The van der Waals surface area contributed by atoms with E-state index < -0.39 is 13.3 Å². The van der Waals surface area contributed by atoms with Crippen molar-refractivity contribution in [2.45, 2.75) is 34.6 Å². The van der Waals surface area contributed by atoms with E-state index in [0.29, 0.717) is 5.56 Å². The lowest BCUT2D eigenvalue weighted by Gasteiger charge is -2.19. The van der Waals surface area contributed by atoms with Crippen LogP contribution in [-0.2, 0) is 4.57 Å². The first-order chi connectivity index (χ1) is 15.6. The Morgan fingerprint density at radius 3 is 1.67 bits per heavy atom. The molecule has 0 fully saturated rings. The molecule has 0 aromatic heterocycles. The second kappa shape index (κ2) is 9.68. The monoisotopic (exact) mass is 463 g/mol. The highest BCUT2D eigenvalue weighted by Gasteiger charge is 2.29. The molecule has 0 saturated heterocycles. The smallest absolute Gasteiger partial charge is 0.254 e. The molecule has 5 nitrogen and oxygen atoms in total. The Kier molecular flexibility index (Phi) is 7.14. The molecule has 3 rings (SSSR count). The molecule has 171 valence electrons. The van der Waals surface area contributed by atoms with Gasteiger partial charge < -0.3 is 9.47 Å². The van der Waals surface area contributed by atoms with Crippen LogP contribution in [0.25, 0.3) is 0 Å². The Balaban J connectivity index is 2.16. The standard InChI is InChI=1S/C27H28O5P/c1-15-16(2)18(4)24(19(5)17(15)3)26(28)20-11-8-9-14-23(20)33(30)27(29)25-21(31-6)12-10-13-22(25)32-7/h8-14H,1-7H3. The summed E-state index contributed by atoms with van der Waals surface area (Å²) >= 11 is 0. The van der Waals surface area contributed by atoms with Gasteiger partial charge in [0, 0.05) is 11.1 Å². The Bertz CT molecular complexity index is 1240. The Labute approximate surface area is 195 Å². The third-order valence-corrected chi connectivity index (χ3v) is 7.84. The van der Waals surface area contributed by atoms with E-state index >= 15 is 0 Å². The first kappa shape index (κ1) is 24.3. The van der Waals surface area contributed by atoms with Gasteiger partial charge in [-0.15, -0.1) is 0 Å². The van der Waals surface area contributed by atoms with Crippen molar-refractivity contribution >= 4 is 24.4 Å². The van der Waals surface area contributed by atoms with Crippen LogP contribution in [0, 0.1) is 34.6 Å². The molecule has 0 saturated carbocycles. The van der Waals surface area contributed by atoms with Crippen molar-refractivity contribution in [3.63, 3.8) is 0 Å². The van der Waals surface area contributed by atoms with E-state index in [1.165, 1.54) is 14.2 Å². The molecule has 0 heterocycles. The van der Waals surface area contributed by atoms with Crippen LogP contribution in [0.1, 0.15) is 54.1 Å². The van der Waals surface area contributed by atoms with Crippen LogP contribution in [0.3, 0.4) is 0 Å². The number of carbonyl (C=O) groups is 2. The average Bonchev–Trinajstić information content (AvgIpc) is 2.84. The zero-order valence-electron chi connectivity index (χ0n) is 20.0. The summed E-state index contributed by atoms with van der Waals surface area (Å²) in [5.74, 6) is 0.293. The molecular formula is C27H28O5P. The van der Waals surface area contributed by atoms with Crippen molar-refractivity contribution in [1.82, 2.24) is 0 Å². The van der Waals surface area contributed by atoms with Crippen LogP contribution in [0.2, 0.25) is 0 Å². The molecule has 3 aromatic rings. The van der Waals surface area contributed by atoms with Crippen LogP contribution in [0.15, 0.2) is 42.5 Å². The molecule has 0 spiro atoms. The van der Waals surface area contributed by atoms with Gasteiger partial charge in [0.2, 0.25) is 0 Å². The number of hydrogen-bond donors (Lipinski definition) is 0. The highest BCUT2D eigenvalue weighted by atomic mass is 31.1. The molecule has 1 atom stereocenters. The summed E-state index contributed by atoms with van der Waals surface area (Å²) < 4.78 is 24.2. The van der Waals surface area contributed by atoms with E-state index in [4.69, 9.17) is 9.47 Å². The van der Waals surface area contributed by atoms with Crippen molar-refractivity contribution in [2.75, 3.05) is 14.2 Å². The maximum Gasteiger partial charge on any atom is 0.254 e. The van der Waals surface area contributed by atoms with Gasteiger partial charge in [-0.2, -0.15) is 0 Å². The molecule has 6 heteroatoms. The maximum absolute atomic E-state index is 13.7. The molecular weight excluding hydrogens is 435 g/mol. The van der Waals surface area contributed by atoms with Gasteiger partial charge in [0.15, 0.2) is 13.6 Å². The summed E-state index contributed by atoms with van der Waals surface area (Å²) in [5.41, 5.74) is 5.34. The molecule has 1 unspecified atom stereocenters. The van der Waals surface area contributed by atoms with Crippen molar-refractivity contribution in [3.05, 3.63) is 87.0 Å². The summed E-state index contributed by atoms with van der Waals surface area (Å²) in [6.07, 6.45) is 0. The highest BCUT2D eigenvalue weighted by molar-refractivity contribution is 7.71. The van der Waals surface area contributed by atoms with E-state index in [-0.39, 0.29) is 33.7 Å². The summed E-state index contributed by atoms with van der Waals surface area (Å²) in [4.78, 5) is 27.1. The van der Waals surface area contributed by atoms with Gasteiger partial charge in [-0.3, -0.25) is 14.2 Å². The Hall–Kier alpha value is -3.30. The zero-order chi connectivity index (χ0) is 24.4. The van der Waals surface area contributed by atoms with Crippen LogP contribution in [0.4, 0.5) is 0 Å². The van der Waals surface area contributed by atoms with E-state index in [1.807, 2.05) is 34.6 Å². The van der Waals surface area contributed by atoms with Gasteiger partial charge in [0.1, 0.15) is 17.1 Å². The molecule has 0 aliphatic carbocycles. The van der Waals surface area contributed by atoms with Gasteiger partial charge in [0.25, 0.3) is 5.52 Å². The first-order valence-electron chi connectivity index (χ1n) is 10.6. The van der Waals surface area contributed by atoms with Gasteiger partial charge in [0.05, 0.1) is 19.5 Å². The SMILES string of the molecule is COc1cccc(OC)c1C(=O)[P](=O)c1ccccc1C(=O)c1c(C)c(C)c(C)c(C)c1C. The minimum absolute atomic E-state index is 0.0975. The predicted molar refractivity (Wildman–Crippen MR) is 131 cm³/mol. The Morgan fingerprint density at radius 1 is 0.667 bits per heavy atom. The van der Waals surface area contributed by atoms with Crippen molar-refractivity contribution in [3.8, 4) is 11.5 Å². The lowest BCUT2D eigenvalue weighted by atomic mass is 9.86. The number of methoxy groups -OCH3 is 2. The number of ketones is 1. The van der Waals surface area contributed by atoms with Gasteiger partial charge in [-0.25, -0.2) is 0 Å². The Morgan fingerprint density at radius 2 is 1.15 bits per heavy atom. The fourth-order valence-corrected chi connectivity index (χ4v) is 5.35. The van der Waals surface area contributed by atoms with E-state index in [2.05, 4.69) is 0 Å². The van der Waals surface area contributed by atoms with Crippen LogP contribution in [0.5, 0.6) is 11.5 Å². The minimum Gasteiger partial charge on any atom is -0.496 e. The topological polar surface area (TPSA) is 69.7 Å². The average molecular weight is 463 g/mol. The predicted octanol–water partition coefficient (Wildman–Crippen LogP) is 5.77. The fraction of sp³-hybridized carbons (Fsp3) is 0.259. The molecule has 0 aliphatic heterocycles. The van der Waals surface area contributed by atoms with E-state index in [1.54, 1.807) is 42.5 Å². The van der Waals surface area contributed by atoms with Gasteiger partial charge >= 0.3 is 0 Å². The second-order valence-electron chi connectivity index (χ2n) is 7.98. The molecule has 33 heavy (non-hydrogen) atoms. The quantitative estimate of drug-likeness (QED) is 0.329.